The van der Waals surface area contributed by atoms with Gasteiger partial charge < -0.3 is 14.6 Å². The molecule has 3 heterocycles. The van der Waals surface area contributed by atoms with E-state index >= 15 is 0 Å². The zero-order chi connectivity index (χ0) is 24.9. The number of fused-ring (bicyclic) bond motifs is 1. The van der Waals surface area contributed by atoms with E-state index in [0.29, 0.717) is 28.1 Å². The molecule has 2 aromatic carbocycles. The molecule has 0 aliphatic carbocycles. The van der Waals surface area contributed by atoms with Crippen LogP contribution in [-0.4, -0.2) is 46.2 Å². The van der Waals surface area contributed by atoms with E-state index in [0.717, 1.165) is 22.6 Å². The van der Waals surface area contributed by atoms with E-state index in [4.69, 9.17) is 9.47 Å². The molecule has 1 fully saturated rings. The smallest absolute Gasteiger partial charge is 0.337 e. The number of rotatable bonds is 4. The predicted molar refractivity (Wildman–Crippen MR) is 127 cm³/mol. The molecule has 2 aliphatic rings. The summed E-state index contributed by atoms with van der Waals surface area (Å²) in [6.07, 6.45) is 0.690. The molecule has 0 saturated carbocycles. The highest BCUT2D eigenvalue weighted by Gasteiger charge is 2.48. The van der Waals surface area contributed by atoms with E-state index in [9.17, 15) is 19.5 Å². The molecule has 1 amide bonds. The third-order valence-electron chi connectivity index (χ3n) is 5.98. The fourth-order valence-electron chi connectivity index (χ4n) is 4.37. The summed E-state index contributed by atoms with van der Waals surface area (Å²) in [7, 11) is 1.28. The lowest BCUT2D eigenvalue weighted by Crippen LogP contribution is -2.29. The van der Waals surface area contributed by atoms with Gasteiger partial charge >= 0.3 is 11.9 Å². The van der Waals surface area contributed by atoms with Crippen molar-refractivity contribution in [3.05, 3.63) is 75.3 Å². The minimum Gasteiger partial charge on any atom is -0.507 e. The number of hydrogen-bond acceptors (Lipinski definition) is 9. The van der Waals surface area contributed by atoms with Gasteiger partial charge in [-0.15, -0.1) is 10.2 Å². The Morgan fingerprint density at radius 2 is 1.86 bits per heavy atom. The van der Waals surface area contributed by atoms with Gasteiger partial charge in [0.05, 0.1) is 24.3 Å². The molecule has 0 radical (unpaired) electrons. The largest absolute Gasteiger partial charge is 0.507 e. The van der Waals surface area contributed by atoms with Crippen molar-refractivity contribution >= 4 is 39.9 Å². The summed E-state index contributed by atoms with van der Waals surface area (Å²) >= 11 is 1.16. The van der Waals surface area contributed by atoms with Crippen molar-refractivity contribution in [1.29, 1.82) is 0 Å². The van der Waals surface area contributed by atoms with Gasteiger partial charge in [-0.2, -0.15) is 0 Å². The van der Waals surface area contributed by atoms with Crippen LogP contribution in [0, 0.1) is 6.92 Å². The maximum absolute atomic E-state index is 13.3. The van der Waals surface area contributed by atoms with Gasteiger partial charge in [0.15, 0.2) is 0 Å². The number of carbonyl (C=O) groups is 3. The van der Waals surface area contributed by atoms with Crippen molar-refractivity contribution in [3.8, 4) is 5.75 Å². The zero-order valence-electron chi connectivity index (χ0n) is 19.1. The fourth-order valence-corrected chi connectivity index (χ4v) is 5.09. The standard InChI is InChI=1S/C25H21N3O6S/c1-12-10-17-11-16(8-9-18(17)34-12)21(29)19-20(14-4-6-15(7-5-14)24(32)33-3)28(23(31)22(19)30)25-27-26-13(2)35-25/h4-9,11-12,20,29H,10H2,1-3H3/b21-19+. The number of amides is 1. The Hall–Kier alpha value is -4.05. The number of aromatic nitrogens is 2. The first-order valence-corrected chi connectivity index (χ1v) is 11.7. The Balaban J connectivity index is 1.66. The number of ether oxygens (including phenoxy) is 2. The molecule has 2 unspecified atom stereocenters. The Kier molecular flexibility index (Phi) is 5.60. The van der Waals surface area contributed by atoms with Crippen molar-refractivity contribution in [2.24, 2.45) is 0 Å². The summed E-state index contributed by atoms with van der Waals surface area (Å²) in [6.45, 7) is 3.69. The zero-order valence-corrected chi connectivity index (χ0v) is 20.0. The van der Waals surface area contributed by atoms with Crippen LogP contribution in [0.25, 0.3) is 5.76 Å². The van der Waals surface area contributed by atoms with Crippen LogP contribution in [0.3, 0.4) is 0 Å². The number of carbonyl (C=O) groups excluding carboxylic acids is 3. The Morgan fingerprint density at radius 3 is 2.51 bits per heavy atom. The number of anilines is 1. The first kappa shape index (κ1) is 22.7. The van der Waals surface area contributed by atoms with Crippen LogP contribution in [0.1, 0.15) is 45.0 Å². The number of methoxy groups -OCH3 is 1. The van der Waals surface area contributed by atoms with E-state index in [1.54, 1.807) is 49.4 Å². The number of hydrogen-bond donors (Lipinski definition) is 1. The van der Waals surface area contributed by atoms with Crippen LogP contribution in [-0.2, 0) is 20.7 Å². The van der Waals surface area contributed by atoms with Gasteiger partial charge in [0, 0.05) is 12.0 Å². The SMILES string of the molecule is COC(=O)c1ccc(C2/C(=C(\O)c3ccc4c(c3)CC(C)O4)C(=O)C(=O)N2c2nnc(C)s2)cc1. The first-order chi connectivity index (χ1) is 16.8. The van der Waals surface area contributed by atoms with E-state index in [1.807, 2.05) is 6.92 Å². The van der Waals surface area contributed by atoms with Crippen molar-refractivity contribution in [1.82, 2.24) is 10.2 Å². The van der Waals surface area contributed by atoms with Crippen molar-refractivity contribution < 1.29 is 29.0 Å². The van der Waals surface area contributed by atoms with Gasteiger partial charge in [0.1, 0.15) is 22.6 Å². The molecule has 2 aliphatic heterocycles. The second-order valence-corrected chi connectivity index (χ2v) is 9.50. The topological polar surface area (TPSA) is 119 Å². The van der Waals surface area contributed by atoms with Crippen LogP contribution in [0.5, 0.6) is 5.75 Å². The fraction of sp³-hybridized carbons (Fsp3) is 0.240. The van der Waals surface area contributed by atoms with Gasteiger partial charge in [-0.3, -0.25) is 14.5 Å². The average Bonchev–Trinajstić information content (AvgIpc) is 3.52. The molecular weight excluding hydrogens is 470 g/mol. The summed E-state index contributed by atoms with van der Waals surface area (Å²) in [6, 6.07) is 10.5. The maximum Gasteiger partial charge on any atom is 0.337 e. The molecule has 35 heavy (non-hydrogen) atoms. The number of esters is 1. The Bertz CT molecular complexity index is 1390. The van der Waals surface area contributed by atoms with Crippen LogP contribution in [0.4, 0.5) is 5.13 Å². The average molecular weight is 492 g/mol. The second kappa shape index (κ2) is 8.62. The van der Waals surface area contributed by atoms with Gasteiger partial charge in [-0.25, -0.2) is 4.79 Å². The molecule has 0 spiro atoms. The molecule has 178 valence electrons. The summed E-state index contributed by atoms with van der Waals surface area (Å²) in [5, 5.41) is 20.2. The third-order valence-corrected chi connectivity index (χ3v) is 6.82. The highest BCUT2D eigenvalue weighted by Crippen LogP contribution is 2.43. The predicted octanol–water partition coefficient (Wildman–Crippen LogP) is 3.58. The lowest BCUT2D eigenvalue weighted by Gasteiger charge is -2.22. The summed E-state index contributed by atoms with van der Waals surface area (Å²) < 4.78 is 10.5. The number of aliphatic hydroxyl groups excluding tert-OH is 1. The van der Waals surface area contributed by atoms with Gasteiger partial charge in [0.2, 0.25) is 5.13 Å². The van der Waals surface area contributed by atoms with Gasteiger partial charge in [0.25, 0.3) is 5.78 Å². The van der Waals surface area contributed by atoms with Gasteiger partial charge in [-0.05, 0) is 55.3 Å². The normalized spacial score (nSPS) is 20.6. The third kappa shape index (κ3) is 3.85. The number of aryl methyl sites for hydroxylation is 1. The lowest BCUT2D eigenvalue weighted by atomic mass is 9.94. The number of benzene rings is 2. The highest BCUT2D eigenvalue weighted by atomic mass is 32.1. The summed E-state index contributed by atoms with van der Waals surface area (Å²) in [4.78, 5) is 39.6. The first-order valence-electron chi connectivity index (χ1n) is 10.9. The van der Waals surface area contributed by atoms with E-state index in [2.05, 4.69) is 10.2 Å². The summed E-state index contributed by atoms with van der Waals surface area (Å²) in [5.74, 6) is -1.73. The molecule has 2 atom stereocenters. The molecule has 1 saturated heterocycles. The molecule has 1 aromatic heterocycles. The number of nitrogens with zero attached hydrogens (tertiary/aromatic N) is 3. The lowest BCUT2D eigenvalue weighted by molar-refractivity contribution is -0.132. The Labute approximate surface area is 204 Å². The van der Waals surface area contributed by atoms with Crippen LogP contribution in [0.15, 0.2) is 48.0 Å². The molecule has 1 N–H and O–H groups in total. The molecule has 10 heteroatoms. The molecule has 3 aromatic rings. The number of aliphatic hydroxyl groups is 1. The van der Waals surface area contributed by atoms with E-state index in [1.165, 1.54) is 12.0 Å². The van der Waals surface area contributed by atoms with Crippen LogP contribution in [0.2, 0.25) is 0 Å². The maximum atomic E-state index is 13.3. The quantitative estimate of drug-likeness (QED) is 0.255. The Morgan fingerprint density at radius 1 is 1.14 bits per heavy atom. The molecule has 0 bridgehead atoms. The van der Waals surface area contributed by atoms with Crippen LogP contribution >= 0.6 is 11.3 Å². The highest BCUT2D eigenvalue weighted by molar-refractivity contribution is 7.15. The molecular formula is C25H21N3O6S. The minimum absolute atomic E-state index is 0.0157. The molecule has 5 rings (SSSR count). The number of ketones is 1. The summed E-state index contributed by atoms with van der Waals surface area (Å²) in [5.41, 5.74) is 2.08. The van der Waals surface area contributed by atoms with Gasteiger partial charge in [-0.1, -0.05) is 23.5 Å². The van der Waals surface area contributed by atoms with E-state index < -0.39 is 23.7 Å². The second-order valence-electron chi connectivity index (χ2n) is 8.34. The van der Waals surface area contributed by atoms with Crippen molar-refractivity contribution in [2.75, 3.05) is 12.0 Å². The van der Waals surface area contributed by atoms with Crippen molar-refractivity contribution in [3.63, 3.8) is 0 Å². The molecule has 9 nitrogen and oxygen atoms in total. The van der Waals surface area contributed by atoms with Crippen LogP contribution < -0.4 is 9.64 Å². The number of Topliss-reactive ketones (excluding diaryl/α,β-unsaturated/α-hetero) is 1. The van der Waals surface area contributed by atoms with Crippen molar-refractivity contribution in [2.45, 2.75) is 32.4 Å². The minimum atomic E-state index is -0.961. The monoisotopic (exact) mass is 491 g/mol. The van der Waals surface area contributed by atoms with E-state index in [-0.39, 0.29) is 22.6 Å².